The highest BCUT2D eigenvalue weighted by Crippen LogP contribution is 2.42. The number of benzene rings is 1. The number of hydrogen-bond donors (Lipinski definition) is 0. The number of nitrogens with zero attached hydrogens (tertiary/aromatic N) is 3. The van der Waals surface area contributed by atoms with E-state index in [1.807, 2.05) is 24.4 Å². The third-order valence-electron chi connectivity index (χ3n) is 4.12. The topological polar surface area (TPSA) is 47.1 Å². The van der Waals surface area contributed by atoms with Crippen LogP contribution in [0.3, 0.4) is 0 Å². The van der Waals surface area contributed by atoms with E-state index < -0.39 is 0 Å². The molecule has 0 bridgehead atoms. The van der Waals surface area contributed by atoms with Gasteiger partial charge in [-0.25, -0.2) is 0 Å². The smallest absolute Gasteiger partial charge is 0.231 e. The van der Waals surface area contributed by atoms with Gasteiger partial charge in [-0.3, -0.25) is 9.88 Å². The maximum atomic E-state index is 5.54. The van der Waals surface area contributed by atoms with Gasteiger partial charge in [0.1, 0.15) is 0 Å². The first-order chi connectivity index (χ1) is 12.2. The summed E-state index contributed by atoms with van der Waals surface area (Å²) in [6.07, 6.45) is 3.72. The third-order valence-corrected chi connectivity index (χ3v) is 4.12. The molecule has 0 amide bonds. The van der Waals surface area contributed by atoms with E-state index in [9.17, 15) is 0 Å². The largest absolute Gasteiger partial charge is 0.493 e. The van der Waals surface area contributed by atoms with E-state index in [1.54, 1.807) is 13.3 Å². The Morgan fingerprint density at radius 2 is 1.96 bits per heavy atom. The second kappa shape index (κ2) is 8.18. The van der Waals surface area contributed by atoms with Gasteiger partial charge in [-0.2, -0.15) is 0 Å². The summed E-state index contributed by atoms with van der Waals surface area (Å²) in [5, 5.41) is 0. The molecule has 0 aliphatic carbocycles. The van der Waals surface area contributed by atoms with E-state index >= 15 is 0 Å². The van der Waals surface area contributed by atoms with E-state index in [0.29, 0.717) is 5.75 Å². The molecule has 1 aliphatic rings. The van der Waals surface area contributed by atoms with Crippen molar-refractivity contribution in [1.29, 1.82) is 0 Å². The van der Waals surface area contributed by atoms with Crippen LogP contribution in [0.2, 0.25) is 0 Å². The average Bonchev–Trinajstić information content (AvgIpc) is 3.08. The van der Waals surface area contributed by atoms with Crippen molar-refractivity contribution in [2.75, 3.05) is 41.1 Å². The van der Waals surface area contributed by atoms with E-state index in [1.165, 1.54) is 5.56 Å². The molecular formula is C19H25N3O3. The molecule has 0 unspecified atom stereocenters. The Balaban J connectivity index is 1.77. The number of ether oxygens (including phenoxy) is 3. The molecule has 0 N–H and O–H groups in total. The summed E-state index contributed by atoms with van der Waals surface area (Å²) in [5.74, 6) is 2.17. The minimum absolute atomic E-state index is 0.245. The Morgan fingerprint density at radius 3 is 2.68 bits per heavy atom. The minimum atomic E-state index is 0.245. The van der Waals surface area contributed by atoms with Gasteiger partial charge in [0.2, 0.25) is 12.5 Å². The molecule has 0 radical (unpaired) electrons. The molecule has 6 heteroatoms. The molecule has 25 heavy (non-hydrogen) atoms. The predicted molar refractivity (Wildman–Crippen MR) is 96.0 cm³/mol. The fourth-order valence-corrected chi connectivity index (χ4v) is 2.84. The normalized spacial score (nSPS) is 12.8. The number of rotatable bonds is 8. The van der Waals surface area contributed by atoms with Crippen LogP contribution in [0, 0.1) is 0 Å². The molecule has 1 aliphatic heterocycles. The molecule has 1 aromatic heterocycles. The van der Waals surface area contributed by atoms with Gasteiger partial charge in [-0.05, 0) is 43.4 Å². The van der Waals surface area contributed by atoms with Gasteiger partial charge < -0.3 is 19.1 Å². The number of hydrogen-bond acceptors (Lipinski definition) is 6. The Labute approximate surface area is 148 Å². The second-order valence-corrected chi connectivity index (χ2v) is 6.41. The van der Waals surface area contributed by atoms with E-state index in [0.717, 1.165) is 43.2 Å². The Bertz CT molecular complexity index is 692. The van der Waals surface area contributed by atoms with Gasteiger partial charge in [0.15, 0.2) is 11.5 Å². The highest BCUT2D eigenvalue weighted by atomic mass is 16.7. The second-order valence-electron chi connectivity index (χ2n) is 6.41. The van der Waals surface area contributed by atoms with Crippen LogP contribution >= 0.6 is 0 Å². The van der Waals surface area contributed by atoms with E-state index in [4.69, 9.17) is 14.2 Å². The first kappa shape index (κ1) is 17.5. The fourth-order valence-electron chi connectivity index (χ4n) is 2.84. The van der Waals surface area contributed by atoms with E-state index in [2.05, 4.69) is 34.9 Å². The molecule has 0 atom stereocenters. The maximum absolute atomic E-state index is 5.54. The lowest BCUT2D eigenvalue weighted by molar-refractivity contribution is 0.171. The van der Waals surface area contributed by atoms with Gasteiger partial charge in [-0.15, -0.1) is 0 Å². The highest BCUT2D eigenvalue weighted by Gasteiger charge is 2.21. The lowest BCUT2D eigenvalue weighted by atomic mass is 10.1. The zero-order chi connectivity index (χ0) is 17.6. The first-order valence-electron chi connectivity index (χ1n) is 8.38. The van der Waals surface area contributed by atoms with Gasteiger partial charge in [0.25, 0.3) is 0 Å². The lowest BCUT2D eigenvalue weighted by Gasteiger charge is -2.24. The summed E-state index contributed by atoms with van der Waals surface area (Å²) in [4.78, 5) is 8.81. The monoisotopic (exact) mass is 343 g/mol. The molecular weight excluding hydrogens is 318 g/mol. The van der Waals surface area contributed by atoms with Crippen molar-refractivity contribution in [3.05, 3.63) is 47.8 Å². The first-order valence-corrected chi connectivity index (χ1v) is 8.38. The van der Waals surface area contributed by atoms with Crippen molar-refractivity contribution in [2.45, 2.75) is 13.1 Å². The number of methoxy groups -OCH3 is 1. The molecule has 134 valence electrons. The number of fused-ring (bicyclic) bond motifs is 1. The van der Waals surface area contributed by atoms with Crippen LogP contribution in [0.1, 0.15) is 11.1 Å². The maximum Gasteiger partial charge on any atom is 0.231 e. The molecule has 3 rings (SSSR count). The van der Waals surface area contributed by atoms with Crippen molar-refractivity contribution in [3.8, 4) is 17.2 Å². The van der Waals surface area contributed by atoms with E-state index in [-0.39, 0.29) is 6.79 Å². The van der Waals surface area contributed by atoms with Crippen molar-refractivity contribution in [1.82, 2.24) is 14.8 Å². The van der Waals surface area contributed by atoms with Crippen molar-refractivity contribution in [2.24, 2.45) is 0 Å². The molecule has 0 saturated heterocycles. The molecule has 2 aromatic rings. The fraction of sp³-hybridized carbons (Fsp3) is 0.421. The molecule has 0 spiro atoms. The predicted octanol–water partition coefficient (Wildman–Crippen LogP) is 2.38. The summed E-state index contributed by atoms with van der Waals surface area (Å²) >= 11 is 0. The van der Waals surface area contributed by atoms with Crippen LogP contribution in [0.25, 0.3) is 0 Å². The standard InChI is InChI=1S/C19H25N3O3/c1-21(2)7-8-22(12-15-5-4-6-20-11-15)13-16-9-17(23-3)19-18(10-16)24-14-25-19/h4-6,9-11H,7-8,12-14H2,1-3H3. The number of pyridine rings is 1. The Kier molecular flexibility index (Phi) is 5.73. The minimum Gasteiger partial charge on any atom is -0.493 e. The van der Waals surface area contributed by atoms with Gasteiger partial charge >= 0.3 is 0 Å². The molecule has 2 heterocycles. The zero-order valence-corrected chi connectivity index (χ0v) is 15.1. The Morgan fingerprint density at radius 1 is 1.12 bits per heavy atom. The van der Waals surface area contributed by atoms with Crippen molar-refractivity contribution < 1.29 is 14.2 Å². The lowest BCUT2D eigenvalue weighted by Crippen LogP contribution is -2.31. The molecule has 0 saturated carbocycles. The molecule has 0 fully saturated rings. The van der Waals surface area contributed by atoms with Crippen LogP contribution in [-0.2, 0) is 13.1 Å². The van der Waals surface area contributed by atoms with Crippen molar-refractivity contribution in [3.63, 3.8) is 0 Å². The Hall–Kier alpha value is -2.31. The summed E-state index contributed by atoms with van der Waals surface area (Å²) < 4.78 is 16.5. The zero-order valence-electron chi connectivity index (χ0n) is 15.1. The third kappa shape index (κ3) is 4.61. The van der Waals surface area contributed by atoms with Gasteiger partial charge in [0, 0.05) is 38.6 Å². The molecule has 6 nitrogen and oxygen atoms in total. The van der Waals surface area contributed by atoms with Crippen LogP contribution in [0.5, 0.6) is 17.2 Å². The van der Waals surface area contributed by atoms with Crippen molar-refractivity contribution >= 4 is 0 Å². The summed E-state index contributed by atoms with van der Waals surface area (Å²) in [7, 11) is 5.83. The SMILES string of the molecule is COc1cc(CN(CCN(C)C)Cc2cccnc2)cc2c1OCO2. The van der Waals surface area contributed by atoms with Gasteiger partial charge in [0.05, 0.1) is 7.11 Å². The van der Waals surface area contributed by atoms with Crippen LogP contribution in [0.15, 0.2) is 36.7 Å². The quantitative estimate of drug-likeness (QED) is 0.733. The number of likely N-dealkylation sites (N-methyl/N-ethyl adjacent to an activating group) is 1. The number of aromatic nitrogens is 1. The molecule has 1 aromatic carbocycles. The summed E-state index contributed by atoms with van der Waals surface area (Å²) in [5.41, 5.74) is 2.35. The highest BCUT2D eigenvalue weighted by molar-refractivity contribution is 5.55. The summed E-state index contributed by atoms with van der Waals surface area (Å²) in [6, 6.07) is 8.15. The van der Waals surface area contributed by atoms with Crippen LogP contribution in [-0.4, -0.2) is 55.9 Å². The summed E-state index contributed by atoms with van der Waals surface area (Å²) in [6.45, 7) is 3.84. The van der Waals surface area contributed by atoms with Crippen LogP contribution in [0.4, 0.5) is 0 Å². The average molecular weight is 343 g/mol. The van der Waals surface area contributed by atoms with Crippen LogP contribution < -0.4 is 14.2 Å². The van der Waals surface area contributed by atoms with Gasteiger partial charge in [-0.1, -0.05) is 6.07 Å².